The number of anilines is 1. The van der Waals surface area contributed by atoms with Gasteiger partial charge in [0.15, 0.2) is 5.96 Å². The number of alkyl halides is 3. The van der Waals surface area contributed by atoms with E-state index in [4.69, 9.17) is 15.2 Å². The lowest BCUT2D eigenvalue weighted by Crippen LogP contribution is -2.33. The Labute approximate surface area is 145 Å². The van der Waals surface area contributed by atoms with Crippen LogP contribution < -0.4 is 20.5 Å². The molecule has 0 saturated carbocycles. The summed E-state index contributed by atoms with van der Waals surface area (Å²) in [6.07, 6.45) is -4.23. The monoisotopic (exact) mass is 362 g/mol. The molecule has 0 bridgehead atoms. The van der Waals surface area contributed by atoms with Gasteiger partial charge in [0.1, 0.15) is 11.5 Å². The molecule has 9 heteroatoms. The number of nitrogens with zero attached hydrogens (tertiary/aromatic N) is 2. The molecule has 1 aromatic carbocycles. The summed E-state index contributed by atoms with van der Waals surface area (Å²) in [5, 5.41) is 2.90. The third kappa shape index (κ3) is 8.48. The zero-order chi connectivity index (χ0) is 18.9. The molecular formula is C16H25F3N4O2. The third-order valence-corrected chi connectivity index (χ3v) is 3.04. The highest BCUT2D eigenvalue weighted by Gasteiger charge is 2.28. The Kier molecular flexibility index (Phi) is 8.33. The van der Waals surface area contributed by atoms with Crippen molar-refractivity contribution in [2.75, 3.05) is 45.2 Å². The van der Waals surface area contributed by atoms with Gasteiger partial charge in [-0.3, -0.25) is 9.89 Å². The van der Waals surface area contributed by atoms with Gasteiger partial charge >= 0.3 is 6.18 Å². The zero-order valence-electron chi connectivity index (χ0n) is 14.7. The predicted octanol–water partition coefficient (Wildman–Crippen LogP) is 2.70. The van der Waals surface area contributed by atoms with Gasteiger partial charge in [0.2, 0.25) is 0 Å². The molecule has 0 aliphatic rings. The predicted molar refractivity (Wildman–Crippen MR) is 92.4 cm³/mol. The Balaban J connectivity index is 2.67. The number of rotatable bonds is 9. The maximum Gasteiger partial charge on any atom is 0.401 e. The summed E-state index contributed by atoms with van der Waals surface area (Å²) in [5.41, 5.74) is 6.39. The number of hydrogen-bond donors (Lipinski definition) is 2. The van der Waals surface area contributed by atoms with Crippen LogP contribution in [0.2, 0.25) is 0 Å². The minimum absolute atomic E-state index is 0.0926. The smallest absolute Gasteiger partial charge is 0.401 e. The fraction of sp³-hybridized carbons (Fsp3) is 0.562. The molecule has 0 heterocycles. The lowest BCUT2D eigenvalue weighted by atomic mass is 10.2. The van der Waals surface area contributed by atoms with E-state index in [1.54, 1.807) is 18.2 Å². The second-order valence-electron chi connectivity index (χ2n) is 5.27. The number of nitrogens with two attached hydrogens (primary N) is 1. The molecule has 0 unspecified atom stereocenters. The average molecular weight is 362 g/mol. The quantitative estimate of drug-likeness (QED) is 0.522. The van der Waals surface area contributed by atoms with Crippen LogP contribution in [-0.4, -0.2) is 56.9 Å². The molecule has 25 heavy (non-hydrogen) atoms. The fourth-order valence-electron chi connectivity index (χ4n) is 2.05. The summed E-state index contributed by atoms with van der Waals surface area (Å²) in [7, 11) is 1.38. The molecule has 6 nitrogen and oxygen atoms in total. The van der Waals surface area contributed by atoms with Crippen LogP contribution in [0.25, 0.3) is 0 Å². The summed E-state index contributed by atoms with van der Waals surface area (Å²) in [5.74, 6) is 1.32. The van der Waals surface area contributed by atoms with Gasteiger partial charge in [-0.25, -0.2) is 0 Å². The number of guanidine groups is 1. The van der Waals surface area contributed by atoms with Gasteiger partial charge in [0.05, 0.1) is 32.0 Å². The van der Waals surface area contributed by atoms with Gasteiger partial charge in [-0.15, -0.1) is 0 Å². The number of ether oxygens (including phenoxy) is 2. The molecule has 0 amide bonds. The highest BCUT2D eigenvalue weighted by atomic mass is 19.4. The van der Waals surface area contributed by atoms with Crippen molar-refractivity contribution in [3.63, 3.8) is 0 Å². The highest BCUT2D eigenvalue weighted by molar-refractivity contribution is 5.94. The number of benzene rings is 1. The van der Waals surface area contributed by atoms with Crippen LogP contribution in [-0.2, 0) is 0 Å². The standard InChI is InChI=1S/C16H25F3N4O2/c1-4-24-12-6-7-14(25-5-2)13(10-12)22-15(20)21-8-9-23(3)11-16(17,18)19/h6-7,10H,4-5,8-9,11H2,1-3H3,(H3,20,21,22). The second-order valence-corrected chi connectivity index (χ2v) is 5.27. The van der Waals surface area contributed by atoms with Crippen LogP contribution in [0.3, 0.4) is 0 Å². The van der Waals surface area contributed by atoms with Gasteiger partial charge in [-0.1, -0.05) is 0 Å². The Bertz CT molecular complexity index is 565. The Hall–Kier alpha value is -2.16. The molecule has 0 fully saturated rings. The molecule has 1 rings (SSSR count). The minimum Gasteiger partial charge on any atom is -0.494 e. The van der Waals surface area contributed by atoms with Gasteiger partial charge in [0, 0.05) is 12.6 Å². The van der Waals surface area contributed by atoms with Crippen molar-refractivity contribution >= 4 is 11.6 Å². The van der Waals surface area contributed by atoms with Crippen molar-refractivity contribution in [3.05, 3.63) is 18.2 Å². The Morgan fingerprint density at radius 3 is 2.52 bits per heavy atom. The van der Waals surface area contributed by atoms with Crippen LogP contribution in [0, 0.1) is 0 Å². The molecule has 0 aromatic heterocycles. The topological polar surface area (TPSA) is 72.1 Å². The molecule has 0 aliphatic carbocycles. The van der Waals surface area contributed by atoms with E-state index in [-0.39, 0.29) is 19.0 Å². The number of aliphatic imine (C=N–C) groups is 1. The van der Waals surface area contributed by atoms with E-state index >= 15 is 0 Å². The summed E-state index contributed by atoms with van der Waals surface area (Å²) >= 11 is 0. The van der Waals surface area contributed by atoms with E-state index in [1.165, 1.54) is 7.05 Å². The maximum absolute atomic E-state index is 12.3. The highest BCUT2D eigenvalue weighted by Crippen LogP contribution is 2.29. The summed E-state index contributed by atoms with van der Waals surface area (Å²) in [6.45, 7) is 4.01. The van der Waals surface area contributed by atoms with Gasteiger partial charge in [0.25, 0.3) is 0 Å². The zero-order valence-corrected chi connectivity index (χ0v) is 14.7. The minimum atomic E-state index is -4.23. The number of nitrogens with one attached hydrogen (secondary N) is 1. The van der Waals surface area contributed by atoms with Crippen LogP contribution in [0.15, 0.2) is 23.2 Å². The summed E-state index contributed by atoms with van der Waals surface area (Å²) in [4.78, 5) is 5.18. The van der Waals surface area contributed by atoms with Crippen molar-refractivity contribution < 1.29 is 22.6 Å². The molecule has 0 radical (unpaired) electrons. The van der Waals surface area contributed by atoms with E-state index in [1.807, 2.05) is 13.8 Å². The molecule has 0 spiro atoms. The van der Waals surface area contributed by atoms with Gasteiger partial charge in [-0.2, -0.15) is 13.2 Å². The third-order valence-electron chi connectivity index (χ3n) is 3.04. The first-order valence-electron chi connectivity index (χ1n) is 7.97. The lowest BCUT2D eigenvalue weighted by Gasteiger charge is -2.17. The van der Waals surface area contributed by atoms with Crippen molar-refractivity contribution in [1.29, 1.82) is 0 Å². The number of likely N-dealkylation sites (N-methyl/N-ethyl adjacent to an activating group) is 1. The van der Waals surface area contributed by atoms with Crippen molar-refractivity contribution in [2.45, 2.75) is 20.0 Å². The molecule has 1 aromatic rings. The number of halogens is 3. The van der Waals surface area contributed by atoms with Crippen molar-refractivity contribution in [3.8, 4) is 11.5 Å². The fourth-order valence-corrected chi connectivity index (χ4v) is 2.05. The molecule has 142 valence electrons. The van der Waals surface area contributed by atoms with Crippen LogP contribution in [0.4, 0.5) is 18.9 Å². The second kappa shape index (κ2) is 9.97. The summed E-state index contributed by atoms with van der Waals surface area (Å²) in [6, 6.07) is 5.26. The molecule has 3 N–H and O–H groups in total. The van der Waals surface area contributed by atoms with E-state index in [9.17, 15) is 13.2 Å². The normalized spacial score (nSPS) is 12.4. The number of hydrogen-bond acceptors (Lipinski definition) is 4. The lowest BCUT2D eigenvalue weighted by molar-refractivity contribution is -0.142. The molecular weight excluding hydrogens is 337 g/mol. The van der Waals surface area contributed by atoms with Crippen LogP contribution in [0.5, 0.6) is 11.5 Å². The first-order valence-corrected chi connectivity index (χ1v) is 7.97. The van der Waals surface area contributed by atoms with E-state index in [0.29, 0.717) is 30.4 Å². The van der Waals surface area contributed by atoms with E-state index in [2.05, 4.69) is 10.3 Å². The molecule has 0 atom stereocenters. The Morgan fingerprint density at radius 2 is 1.92 bits per heavy atom. The summed E-state index contributed by atoms with van der Waals surface area (Å²) < 4.78 is 47.7. The first-order chi connectivity index (χ1) is 11.7. The van der Waals surface area contributed by atoms with Gasteiger partial charge in [-0.05, 0) is 33.0 Å². The average Bonchev–Trinajstić information content (AvgIpc) is 2.48. The molecule has 0 saturated heterocycles. The van der Waals surface area contributed by atoms with Crippen LogP contribution >= 0.6 is 0 Å². The van der Waals surface area contributed by atoms with E-state index < -0.39 is 12.7 Å². The van der Waals surface area contributed by atoms with E-state index in [0.717, 1.165) is 4.90 Å². The largest absolute Gasteiger partial charge is 0.494 e. The maximum atomic E-state index is 12.3. The molecule has 0 aliphatic heterocycles. The van der Waals surface area contributed by atoms with Gasteiger partial charge < -0.3 is 20.5 Å². The first kappa shape index (κ1) is 20.9. The van der Waals surface area contributed by atoms with Crippen molar-refractivity contribution in [1.82, 2.24) is 4.90 Å². The van der Waals surface area contributed by atoms with Crippen LogP contribution in [0.1, 0.15) is 13.8 Å². The Morgan fingerprint density at radius 1 is 1.24 bits per heavy atom. The SMILES string of the molecule is CCOc1ccc(OCC)c(NC(N)=NCCN(C)CC(F)(F)F)c1. The van der Waals surface area contributed by atoms with Crippen molar-refractivity contribution in [2.24, 2.45) is 10.7 Å².